The van der Waals surface area contributed by atoms with Gasteiger partial charge in [-0.15, -0.1) is 0 Å². The van der Waals surface area contributed by atoms with Crippen molar-refractivity contribution in [3.8, 4) is 0 Å². The van der Waals surface area contributed by atoms with Crippen LogP contribution in [-0.2, 0) is 39.4 Å². The van der Waals surface area contributed by atoms with Crippen molar-refractivity contribution >= 4 is 20.4 Å². The Morgan fingerprint density at radius 1 is 0.500 bits per heavy atom. The number of fused-ring (bicyclic) bond motifs is 2. The molecule has 4 aliphatic heterocycles. The van der Waals surface area contributed by atoms with E-state index in [0.717, 1.165) is 0 Å². The largest absolute Gasteiger partial charge is 0.324 e. The van der Waals surface area contributed by atoms with E-state index in [1.165, 1.54) is 17.2 Å². The van der Waals surface area contributed by atoms with Gasteiger partial charge in [-0.05, 0) is 53.4 Å². The minimum atomic E-state index is -3.79. The molecule has 4 heterocycles. The molecule has 36 heavy (non-hydrogen) atoms. The van der Waals surface area contributed by atoms with Gasteiger partial charge in [0.1, 0.15) is 0 Å². The highest BCUT2D eigenvalue weighted by molar-refractivity contribution is 7.87. The molecule has 4 rings (SSSR count). The zero-order valence-corrected chi connectivity index (χ0v) is 24.1. The molecule has 0 bridgehead atoms. The van der Waals surface area contributed by atoms with E-state index in [9.17, 15) is 16.8 Å². The normalized spacial score (nSPS) is 37.2. The third-order valence-corrected chi connectivity index (χ3v) is 12.4. The third-order valence-electron chi connectivity index (χ3n) is 7.97. The van der Waals surface area contributed by atoms with Gasteiger partial charge in [-0.1, -0.05) is 27.7 Å². The monoisotopic (exact) mass is 554 g/mol. The van der Waals surface area contributed by atoms with E-state index >= 15 is 0 Å². The standard InChI is InChI=1S/C22H42N4O8S2/c1-9-13(5)23-17-18(24(14(6)10-2)35(23,27)28)32-21(31-17)22-33-19-20(34-22)26(16(8)12-4)36(29,30)25(19)15(7)11-3/h13-22H,9-12H2,1-8H3/t13-,14-,15-,16-,17-,18-,19+,20+/m0/s1. The Morgan fingerprint density at radius 3 is 0.861 bits per heavy atom. The Bertz CT molecular complexity index is 870. The molecule has 0 saturated carbocycles. The maximum absolute atomic E-state index is 13.4. The number of hydrogen-bond donors (Lipinski definition) is 0. The quantitative estimate of drug-likeness (QED) is 0.425. The van der Waals surface area contributed by atoms with Gasteiger partial charge in [-0.2, -0.15) is 34.1 Å². The summed E-state index contributed by atoms with van der Waals surface area (Å²) < 4.78 is 83.9. The Kier molecular flexibility index (Phi) is 8.16. The molecule has 14 heteroatoms. The summed E-state index contributed by atoms with van der Waals surface area (Å²) in [4.78, 5) is 0. The molecule has 0 amide bonds. The first-order valence-corrected chi connectivity index (χ1v) is 15.9. The Labute approximate surface area is 216 Å². The molecule has 0 aliphatic carbocycles. The second-order valence-corrected chi connectivity index (χ2v) is 13.7. The lowest BCUT2D eigenvalue weighted by Gasteiger charge is -2.32. The van der Waals surface area contributed by atoms with Crippen LogP contribution in [0.15, 0.2) is 0 Å². The zero-order valence-electron chi connectivity index (χ0n) is 22.5. The van der Waals surface area contributed by atoms with Crippen LogP contribution in [0.1, 0.15) is 81.1 Å². The maximum Gasteiger partial charge on any atom is 0.287 e. The summed E-state index contributed by atoms with van der Waals surface area (Å²) in [5, 5.41) is 0. The SMILES string of the molecule is CC[C@H](C)N1[C@@H]2OC(C3O[C@H]4[C@H](O3)N([C@@H](C)CC)S(=O)(=O)N4[C@@H](C)CC)O[C@H]2N([C@@H](C)CC)S1(=O)=O. The molecule has 12 nitrogen and oxygen atoms in total. The van der Waals surface area contributed by atoms with Crippen LogP contribution in [-0.4, -0.2) is 95.7 Å². The van der Waals surface area contributed by atoms with Crippen LogP contribution < -0.4 is 0 Å². The van der Waals surface area contributed by atoms with Crippen molar-refractivity contribution < 1.29 is 35.8 Å². The fraction of sp³-hybridized carbons (Fsp3) is 1.00. The van der Waals surface area contributed by atoms with Crippen molar-refractivity contribution in [2.24, 2.45) is 0 Å². The van der Waals surface area contributed by atoms with Gasteiger partial charge in [0.25, 0.3) is 20.4 Å². The summed E-state index contributed by atoms with van der Waals surface area (Å²) in [6.45, 7) is 15.1. The molecular weight excluding hydrogens is 512 g/mol. The maximum atomic E-state index is 13.4. The van der Waals surface area contributed by atoms with Crippen LogP contribution in [0.25, 0.3) is 0 Å². The lowest BCUT2D eigenvalue weighted by atomic mass is 10.2. The summed E-state index contributed by atoms with van der Waals surface area (Å²) in [7, 11) is -7.59. The van der Waals surface area contributed by atoms with Crippen molar-refractivity contribution in [2.75, 3.05) is 0 Å². The topological polar surface area (TPSA) is 118 Å². The first-order valence-electron chi connectivity index (χ1n) is 13.1. The molecule has 4 aliphatic rings. The Balaban J connectivity index is 1.62. The van der Waals surface area contributed by atoms with Crippen LogP contribution in [0.4, 0.5) is 0 Å². The number of rotatable bonds is 9. The number of ether oxygens (including phenoxy) is 4. The van der Waals surface area contributed by atoms with Gasteiger partial charge in [0.05, 0.1) is 0 Å². The van der Waals surface area contributed by atoms with E-state index in [1.54, 1.807) is 0 Å². The third kappa shape index (κ3) is 4.25. The molecule has 0 N–H and O–H groups in total. The van der Waals surface area contributed by atoms with Crippen LogP contribution >= 0.6 is 0 Å². The highest BCUT2D eigenvalue weighted by Crippen LogP contribution is 2.45. The molecular formula is C22H42N4O8S2. The number of nitrogens with zero attached hydrogens (tertiary/aromatic N) is 4. The lowest BCUT2D eigenvalue weighted by molar-refractivity contribution is -0.240. The van der Waals surface area contributed by atoms with E-state index < -0.39 is 57.9 Å². The summed E-state index contributed by atoms with van der Waals surface area (Å²) >= 11 is 0. The van der Waals surface area contributed by atoms with Crippen molar-refractivity contribution in [1.29, 1.82) is 0 Å². The highest BCUT2D eigenvalue weighted by atomic mass is 32.2. The lowest BCUT2D eigenvalue weighted by Crippen LogP contribution is -2.48. The van der Waals surface area contributed by atoms with Gasteiger partial charge >= 0.3 is 0 Å². The summed E-state index contributed by atoms with van der Waals surface area (Å²) in [5.41, 5.74) is 0. The summed E-state index contributed by atoms with van der Waals surface area (Å²) in [5.74, 6) is 0. The van der Waals surface area contributed by atoms with Crippen molar-refractivity contribution in [3.63, 3.8) is 0 Å². The van der Waals surface area contributed by atoms with Crippen LogP contribution in [0, 0.1) is 0 Å². The van der Waals surface area contributed by atoms with Gasteiger partial charge in [0.15, 0.2) is 24.9 Å². The van der Waals surface area contributed by atoms with Gasteiger partial charge in [-0.3, -0.25) is 0 Å². The summed E-state index contributed by atoms with van der Waals surface area (Å²) in [6, 6.07) is -1.18. The van der Waals surface area contributed by atoms with E-state index in [-0.39, 0.29) is 24.2 Å². The molecule has 210 valence electrons. The number of hydrogen-bond acceptors (Lipinski definition) is 8. The first kappa shape index (κ1) is 28.6. The van der Waals surface area contributed by atoms with E-state index in [2.05, 4.69) is 0 Å². The second kappa shape index (κ2) is 10.3. The highest BCUT2D eigenvalue weighted by Gasteiger charge is 2.65. The molecule has 0 aromatic rings. The molecule has 0 radical (unpaired) electrons. The van der Waals surface area contributed by atoms with Crippen LogP contribution in [0.3, 0.4) is 0 Å². The fourth-order valence-corrected chi connectivity index (χ4v) is 9.77. The molecule has 4 fully saturated rings. The average Bonchev–Trinajstić information content (AvgIpc) is 3.52. The Morgan fingerprint density at radius 2 is 0.694 bits per heavy atom. The molecule has 0 aromatic heterocycles. The van der Waals surface area contributed by atoms with Gasteiger partial charge in [0.2, 0.25) is 12.6 Å². The average molecular weight is 555 g/mol. The van der Waals surface area contributed by atoms with Crippen molar-refractivity contribution in [3.05, 3.63) is 0 Å². The van der Waals surface area contributed by atoms with Crippen LogP contribution in [0.5, 0.6) is 0 Å². The molecule has 0 spiro atoms. The van der Waals surface area contributed by atoms with Crippen molar-refractivity contribution in [1.82, 2.24) is 17.2 Å². The molecule has 4 saturated heterocycles. The second-order valence-electron chi connectivity index (χ2n) is 10.2. The minimum Gasteiger partial charge on any atom is -0.324 e. The minimum absolute atomic E-state index is 0.296. The van der Waals surface area contributed by atoms with E-state index in [0.29, 0.717) is 25.7 Å². The fourth-order valence-electron chi connectivity index (χ4n) is 5.26. The zero-order chi connectivity index (χ0) is 26.7. The van der Waals surface area contributed by atoms with E-state index in [1.807, 2.05) is 55.4 Å². The van der Waals surface area contributed by atoms with Crippen LogP contribution in [0.2, 0.25) is 0 Å². The van der Waals surface area contributed by atoms with Crippen molar-refractivity contribution in [2.45, 2.75) is 143 Å². The van der Waals surface area contributed by atoms with Gasteiger partial charge in [-0.25, -0.2) is 0 Å². The van der Waals surface area contributed by atoms with Gasteiger partial charge in [0, 0.05) is 24.2 Å². The smallest absolute Gasteiger partial charge is 0.287 e. The Hall–Kier alpha value is -0.420. The molecule has 8 atom stereocenters. The van der Waals surface area contributed by atoms with Gasteiger partial charge < -0.3 is 18.9 Å². The predicted octanol–water partition coefficient (Wildman–Crippen LogP) is 1.96. The summed E-state index contributed by atoms with van der Waals surface area (Å²) in [6.07, 6.45) is -3.00. The molecule has 0 unspecified atom stereocenters. The first-order chi connectivity index (χ1) is 16.9. The predicted molar refractivity (Wildman–Crippen MR) is 131 cm³/mol. The molecule has 0 aromatic carbocycles. The van der Waals surface area contributed by atoms with E-state index in [4.69, 9.17) is 18.9 Å².